The van der Waals surface area contributed by atoms with Gasteiger partial charge in [-0.2, -0.15) is 13.2 Å². The molecule has 0 aliphatic carbocycles. The van der Waals surface area contributed by atoms with E-state index >= 15 is 0 Å². The Morgan fingerprint density at radius 3 is 2.41 bits per heavy atom. The van der Waals surface area contributed by atoms with Gasteiger partial charge in [-0.15, -0.1) is 0 Å². The van der Waals surface area contributed by atoms with Gasteiger partial charge in [-0.25, -0.2) is 0 Å². The first kappa shape index (κ1) is 14.5. The van der Waals surface area contributed by atoms with Gasteiger partial charge < -0.3 is 5.32 Å². The number of nitrogens with zero attached hydrogens (tertiary/aromatic N) is 1. The molecule has 0 spiro atoms. The predicted molar refractivity (Wildman–Crippen MR) is 63.0 cm³/mol. The molecule has 1 rings (SSSR count). The van der Waals surface area contributed by atoms with Crippen molar-refractivity contribution < 1.29 is 13.2 Å². The van der Waals surface area contributed by atoms with Crippen molar-refractivity contribution in [1.82, 2.24) is 10.2 Å². The third-order valence-corrected chi connectivity index (χ3v) is 2.93. The largest absolute Gasteiger partial charge is 0.412 e. The van der Waals surface area contributed by atoms with Crippen molar-refractivity contribution in [2.45, 2.75) is 38.9 Å². The highest BCUT2D eigenvalue weighted by Gasteiger charge is 2.35. The smallest absolute Gasteiger partial charge is 0.311 e. The number of likely N-dealkylation sites (N-methyl/N-ethyl adjacent to an activating group) is 1. The number of hydrogen-bond donors (Lipinski definition) is 1. The van der Waals surface area contributed by atoms with Gasteiger partial charge in [0.1, 0.15) is 0 Å². The van der Waals surface area contributed by atoms with Gasteiger partial charge >= 0.3 is 6.18 Å². The predicted octanol–water partition coefficient (Wildman–Crippen LogP) is 2.57. The average Bonchev–Trinajstić information content (AvgIpc) is 2.16. The minimum atomic E-state index is -4.15. The summed E-state index contributed by atoms with van der Waals surface area (Å²) in [6, 6.07) is 0. The van der Waals surface area contributed by atoms with Crippen LogP contribution in [0.5, 0.6) is 0 Å². The fraction of sp³-hybridized carbons (Fsp3) is 0.833. The van der Waals surface area contributed by atoms with E-state index in [4.69, 9.17) is 0 Å². The zero-order valence-corrected chi connectivity index (χ0v) is 10.7. The topological polar surface area (TPSA) is 15.3 Å². The van der Waals surface area contributed by atoms with Gasteiger partial charge in [0.25, 0.3) is 0 Å². The molecule has 1 aliphatic heterocycles. The Labute approximate surface area is 101 Å². The van der Waals surface area contributed by atoms with Gasteiger partial charge in [0.15, 0.2) is 0 Å². The molecule has 0 radical (unpaired) electrons. The third kappa shape index (κ3) is 4.68. The number of hydrogen-bond acceptors (Lipinski definition) is 2. The molecule has 0 saturated heterocycles. The summed E-state index contributed by atoms with van der Waals surface area (Å²) in [4.78, 5) is 2.05. The molecular weight excluding hydrogens is 229 g/mol. The molecule has 1 aliphatic rings. The second-order valence-corrected chi connectivity index (χ2v) is 5.13. The van der Waals surface area contributed by atoms with Gasteiger partial charge in [0, 0.05) is 30.7 Å². The van der Waals surface area contributed by atoms with E-state index in [0.717, 1.165) is 13.1 Å². The number of rotatable bonds is 4. The third-order valence-electron chi connectivity index (χ3n) is 2.93. The van der Waals surface area contributed by atoms with E-state index in [1.54, 1.807) is 0 Å². The maximum absolute atomic E-state index is 12.4. The summed E-state index contributed by atoms with van der Waals surface area (Å²) in [6.45, 7) is 8.68. The first-order valence-corrected chi connectivity index (χ1v) is 5.98. The Balaban J connectivity index is 2.50. The van der Waals surface area contributed by atoms with E-state index in [9.17, 15) is 13.2 Å². The van der Waals surface area contributed by atoms with Crippen LogP contribution in [0.4, 0.5) is 13.2 Å². The summed E-state index contributed by atoms with van der Waals surface area (Å²) in [5.41, 5.74) is -0.437. The van der Waals surface area contributed by atoms with Gasteiger partial charge in [0.2, 0.25) is 0 Å². The zero-order chi connectivity index (χ0) is 13.1. The monoisotopic (exact) mass is 250 g/mol. The highest BCUT2D eigenvalue weighted by atomic mass is 19.4. The number of halogens is 3. The van der Waals surface area contributed by atoms with Crippen molar-refractivity contribution in [3.63, 3.8) is 0 Å². The second kappa shape index (κ2) is 5.40. The van der Waals surface area contributed by atoms with Crippen LogP contribution in [0.25, 0.3) is 0 Å². The van der Waals surface area contributed by atoms with E-state index in [1.807, 2.05) is 6.92 Å². The summed E-state index contributed by atoms with van der Waals surface area (Å²) in [5.74, 6) is 0. The van der Waals surface area contributed by atoms with Crippen LogP contribution >= 0.6 is 0 Å². The summed E-state index contributed by atoms with van der Waals surface area (Å²) >= 11 is 0. The molecule has 0 aromatic rings. The van der Waals surface area contributed by atoms with Gasteiger partial charge in [-0.1, -0.05) is 13.0 Å². The summed E-state index contributed by atoms with van der Waals surface area (Å²) < 4.78 is 37.3. The van der Waals surface area contributed by atoms with E-state index in [2.05, 4.69) is 24.1 Å². The van der Waals surface area contributed by atoms with Crippen LogP contribution in [0.15, 0.2) is 11.6 Å². The molecule has 17 heavy (non-hydrogen) atoms. The second-order valence-electron chi connectivity index (χ2n) is 5.13. The Morgan fingerprint density at radius 2 is 2.00 bits per heavy atom. The van der Waals surface area contributed by atoms with Crippen LogP contribution in [0.1, 0.15) is 27.2 Å². The number of nitrogens with one attached hydrogen (secondary N) is 1. The van der Waals surface area contributed by atoms with Crippen LogP contribution in [0, 0.1) is 0 Å². The molecule has 0 saturated carbocycles. The lowest BCUT2D eigenvalue weighted by atomic mass is 10.0. The van der Waals surface area contributed by atoms with Gasteiger partial charge in [-0.3, -0.25) is 4.90 Å². The van der Waals surface area contributed by atoms with Crippen molar-refractivity contribution in [2.24, 2.45) is 0 Å². The molecular formula is C12H21F3N2. The lowest BCUT2D eigenvalue weighted by molar-refractivity contribution is -0.0961. The van der Waals surface area contributed by atoms with Crippen LogP contribution in [0.3, 0.4) is 0 Å². The summed E-state index contributed by atoms with van der Waals surface area (Å²) in [5, 5.41) is 3.33. The maximum atomic E-state index is 12.4. The van der Waals surface area contributed by atoms with Crippen molar-refractivity contribution in [3.05, 3.63) is 11.6 Å². The molecule has 2 nitrogen and oxygen atoms in total. The Morgan fingerprint density at radius 1 is 1.35 bits per heavy atom. The van der Waals surface area contributed by atoms with Crippen molar-refractivity contribution >= 4 is 0 Å². The average molecular weight is 250 g/mol. The minimum Gasteiger partial charge on any atom is -0.311 e. The SMILES string of the molecule is CCNC(C)(C)CN1CC=C(C(F)(F)F)CC1. The fourth-order valence-electron chi connectivity index (χ4n) is 2.21. The maximum Gasteiger partial charge on any atom is 0.412 e. The first-order chi connectivity index (χ1) is 7.74. The molecule has 0 atom stereocenters. The first-order valence-electron chi connectivity index (χ1n) is 5.98. The highest BCUT2D eigenvalue weighted by molar-refractivity contribution is 5.13. The molecule has 0 aromatic carbocycles. The van der Waals surface area contributed by atoms with Crippen molar-refractivity contribution in [3.8, 4) is 0 Å². The van der Waals surface area contributed by atoms with Crippen molar-refractivity contribution in [1.29, 1.82) is 0 Å². The molecule has 1 heterocycles. The molecule has 0 bridgehead atoms. The lowest BCUT2D eigenvalue weighted by Crippen LogP contribution is -2.50. The quantitative estimate of drug-likeness (QED) is 0.771. The zero-order valence-electron chi connectivity index (χ0n) is 10.7. The summed E-state index contributed by atoms with van der Waals surface area (Å²) in [6.07, 6.45) is -2.74. The van der Waals surface area contributed by atoms with Crippen LogP contribution in [-0.4, -0.2) is 42.8 Å². The molecule has 5 heteroatoms. The van der Waals surface area contributed by atoms with Crippen LogP contribution < -0.4 is 5.32 Å². The molecule has 1 N–H and O–H groups in total. The molecule has 0 amide bonds. The Kier molecular flexibility index (Phi) is 4.61. The molecule has 100 valence electrons. The molecule has 0 aromatic heterocycles. The van der Waals surface area contributed by atoms with E-state index in [0.29, 0.717) is 13.1 Å². The summed E-state index contributed by atoms with van der Waals surface area (Å²) in [7, 11) is 0. The van der Waals surface area contributed by atoms with Gasteiger partial charge in [0.05, 0.1) is 0 Å². The normalized spacial score (nSPS) is 19.3. The lowest BCUT2D eigenvalue weighted by Gasteiger charge is -2.35. The highest BCUT2D eigenvalue weighted by Crippen LogP contribution is 2.30. The van der Waals surface area contributed by atoms with Crippen molar-refractivity contribution in [2.75, 3.05) is 26.2 Å². The fourth-order valence-corrected chi connectivity index (χ4v) is 2.21. The van der Waals surface area contributed by atoms with E-state index in [-0.39, 0.29) is 17.5 Å². The number of alkyl halides is 3. The Hall–Kier alpha value is -0.550. The van der Waals surface area contributed by atoms with E-state index in [1.165, 1.54) is 6.08 Å². The van der Waals surface area contributed by atoms with Crippen LogP contribution in [0.2, 0.25) is 0 Å². The minimum absolute atomic E-state index is 0.0572. The van der Waals surface area contributed by atoms with E-state index < -0.39 is 6.18 Å². The van der Waals surface area contributed by atoms with Gasteiger partial charge in [-0.05, 0) is 26.8 Å². The molecule has 0 fully saturated rings. The van der Waals surface area contributed by atoms with Crippen LogP contribution in [-0.2, 0) is 0 Å². The molecule has 0 unspecified atom stereocenters. The Bertz CT molecular complexity index is 282. The standard InChI is InChI=1S/C12H21F3N2/c1-4-16-11(2,3)9-17-7-5-10(6-8-17)12(13,14)15/h5,16H,4,6-9H2,1-3H3.